The standard InChI is InChI=1S/C25H24ClNO4/c1-29-22-14-18-12-13-27(24(28)16-31-20-10-8-19(26)9-11-20)25(17-6-4-3-5-7-17)21(18)15-23(22)30-2/h3-11,14-15,25H,12-13,16H2,1-2H3. The molecule has 0 fully saturated rings. The van der Waals surface area contributed by atoms with Gasteiger partial charge in [-0.3, -0.25) is 4.79 Å². The van der Waals surface area contributed by atoms with E-state index in [1.165, 1.54) is 0 Å². The van der Waals surface area contributed by atoms with Crippen molar-refractivity contribution in [3.63, 3.8) is 0 Å². The number of rotatable bonds is 6. The van der Waals surface area contributed by atoms with E-state index in [1.54, 1.807) is 38.5 Å². The highest BCUT2D eigenvalue weighted by Crippen LogP contribution is 2.41. The van der Waals surface area contributed by atoms with Crippen LogP contribution < -0.4 is 14.2 Å². The molecular weight excluding hydrogens is 414 g/mol. The van der Waals surface area contributed by atoms with Crippen LogP contribution in [0.4, 0.5) is 0 Å². The summed E-state index contributed by atoms with van der Waals surface area (Å²) in [6, 6.07) is 20.8. The molecule has 4 rings (SSSR count). The Balaban J connectivity index is 1.66. The molecule has 3 aromatic rings. The highest BCUT2D eigenvalue weighted by atomic mass is 35.5. The predicted octanol–water partition coefficient (Wildman–Crippen LogP) is 4.91. The Bertz CT molecular complexity index is 1050. The second-order valence-electron chi connectivity index (χ2n) is 7.30. The minimum Gasteiger partial charge on any atom is -0.493 e. The van der Waals surface area contributed by atoms with E-state index in [-0.39, 0.29) is 18.6 Å². The topological polar surface area (TPSA) is 48.0 Å². The lowest BCUT2D eigenvalue weighted by atomic mass is 9.87. The van der Waals surface area contributed by atoms with Crippen molar-refractivity contribution < 1.29 is 19.0 Å². The Kier molecular flexibility index (Phi) is 6.33. The monoisotopic (exact) mass is 437 g/mol. The van der Waals surface area contributed by atoms with Crippen LogP contribution in [0.25, 0.3) is 0 Å². The molecule has 0 N–H and O–H groups in total. The lowest BCUT2D eigenvalue weighted by Crippen LogP contribution is -2.43. The Morgan fingerprint density at radius 3 is 2.35 bits per heavy atom. The number of hydrogen-bond donors (Lipinski definition) is 0. The molecule has 1 unspecified atom stereocenters. The van der Waals surface area contributed by atoms with Crippen LogP contribution in [-0.2, 0) is 11.2 Å². The van der Waals surface area contributed by atoms with Gasteiger partial charge in [0.25, 0.3) is 5.91 Å². The first-order valence-corrected chi connectivity index (χ1v) is 10.5. The van der Waals surface area contributed by atoms with Gasteiger partial charge in [-0.1, -0.05) is 41.9 Å². The largest absolute Gasteiger partial charge is 0.493 e. The highest BCUT2D eigenvalue weighted by molar-refractivity contribution is 6.30. The van der Waals surface area contributed by atoms with Gasteiger partial charge in [0.15, 0.2) is 18.1 Å². The molecular formula is C25H24ClNO4. The quantitative estimate of drug-likeness (QED) is 0.549. The van der Waals surface area contributed by atoms with Crippen LogP contribution in [0.2, 0.25) is 5.02 Å². The summed E-state index contributed by atoms with van der Waals surface area (Å²) in [5, 5.41) is 0.625. The number of fused-ring (bicyclic) bond motifs is 1. The zero-order valence-electron chi connectivity index (χ0n) is 17.5. The van der Waals surface area contributed by atoms with Crippen LogP contribution in [-0.4, -0.2) is 38.2 Å². The van der Waals surface area contributed by atoms with E-state index in [2.05, 4.69) is 0 Å². The predicted molar refractivity (Wildman–Crippen MR) is 120 cm³/mol. The van der Waals surface area contributed by atoms with Crippen molar-refractivity contribution in [2.75, 3.05) is 27.4 Å². The van der Waals surface area contributed by atoms with Gasteiger partial charge in [-0.15, -0.1) is 0 Å². The lowest BCUT2D eigenvalue weighted by Gasteiger charge is -2.38. The maximum atomic E-state index is 13.2. The van der Waals surface area contributed by atoms with Gasteiger partial charge in [0, 0.05) is 11.6 Å². The smallest absolute Gasteiger partial charge is 0.261 e. The van der Waals surface area contributed by atoms with Crippen molar-refractivity contribution in [2.24, 2.45) is 0 Å². The number of methoxy groups -OCH3 is 2. The van der Waals surface area contributed by atoms with Crippen LogP contribution >= 0.6 is 11.6 Å². The van der Waals surface area contributed by atoms with Crippen molar-refractivity contribution in [2.45, 2.75) is 12.5 Å². The molecule has 3 aromatic carbocycles. The van der Waals surface area contributed by atoms with E-state index in [9.17, 15) is 4.79 Å². The zero-order chi connectivity index (χ0) is 21.8. The summed E-state index contributed by atoms with van der Waals surface area (Å²) in [6.07, 6.45) is 0.728. The third kappa shape index (κ3) is 4.47. The van der Waals surface area contributed by atoms with Gasteiger partial charge >= 0.3 is 0 Å². The van der Waals surface area contributed by atoms with Gasteiger partial charge in [0.1, 0.15) is 5.75 Å². The molecule has 0 saturated heterocycles. The van der Waals surface area contributed by atoms with E-state index in [4.69, 9.17) is 25.8 Å². The summed E-state index contributed by atoms with van der Waals surface area (Å²) in [7, 11) is 3.25. The molecule has 1 heterocycles. The van der Waals surface area contributed by atoms with Crippen molar-refractivity contribution in [3.05, 3.63) is 88.4 Å². The molecule has 0 saturated carbocycles. The Labute approximate surface area is 187 Å². The molecule has 31 heavy (non-hydrogen) atoms. The van der Waals surface area contributed by atoms with Crippen LogP contribution in [0.15, 0.2) is 66.7 Å². The maximum absolute atomic E-state index is 13.2. The second-order valence-corrected chi connectivity index (χ2v) is 7.74. The molecule has 0 aliphatic carbocycles. The lowest BCUT2D eigenvalue weighted by molar-refractivity contribution is -0.135. The van der Waals surface area contributed by atoms with E-state index in [0.717, 1.165) is 23.1 Å². The Hall–Kier alpha value is -3.18. The minimum absolute atomic E-state index is 0.0480. The molecule has 0 radical (unpaired) electrons. The average molecular weight is 438 g/mol. The molecule has 1 amide bonds. The van der Waals surface area contributed by atoms with E-state index >= 15 is 0 Å². The van der Waals surface area contributed by atoms with Crippen molar-refractivity contribution >= 4 is 17.5 Å². The van der Waals surface area contributed by atoms with E-state index in [0.29, 0.717) is 28.8 Å². The molecule has 1 atom stereocenters. The molecule has 160 valence electrons. The average Bonchev–Trinajstić information content (AvgIpc) is 2.82. The maximum Gasteiger partial charge on any atom is 0.261 e. The van der Waals surface area contributed by atoms with Gasteiger partial charge in [-0.25, -0.2) is 0 Å². The fourth-order valence-electron chi connectivity index (χ4n) is 3.97. The number of nitrogens with zero attached hydrogens (tertiary/aromatic N) is 1. The van der Waals surface area contributed by atoms with Crippen molar-refractivity contribution in [1.82, 2.24) is 4.90 Å². The van der Waals surface area contributed by atoms with Gasteiger partial charge in [-0.05, 0) is 59.5 Å². The third-order valence-electron chi connectivity index (χ3n) is 5.49. The summed E-state index contributed by atoms with van der Waals surface area (Å²) < 4.78 is 16.7. The third-order valence-corrected chi connectivity index (χ3v) is 5.74. The summed E-state index contributed by atoms with van der Waals surface area (Å²) >= 11 is 5.93. The summed E-state index contributed by atoms with van der Waals surface area (Å²) in [5.74, 6) is 1.87. The molecule has 5 nitrogen and oxygen atoms in total. The fourth-order valence-corrected chi connectivity index (χ4v) is 4.09. The molecule has 1 aliphatic rings. The normalized spacial score (nSPS) is 15.2. The van der Waals surface area contributed by atoms with Gasteiger partial charge in [-0.2, -0.15) is 0 Å². The SMILES string of the molecule is COc1cc2c(cc1OC)C(c1ccccc1)N(C(=O)COc1ccc(Cl)cc1)CC2. The van der Waals surface area contributed by atoms with Crippen molar-refractivity contribution in [3.8, 4) is 17.2 Å². The minimum atomic E-state index is -0.230. The fraction of sp³-hybridized carbons (Fsp3) is 0.240. The first-order valence-electron chi connectivity index (χ1n) is 10.1. The molecule has 1 aliphatic heterocycles. The molecule has 0 bridgehead atoms. The molecule has 0 aromatic heterocycles. The van der Waals surface area contributed by atoms with E-state index < -0.39 is 0 Å². The summed E-state index contributed by atoms with van der Waals surface area (Å²) in [4.78, 5) is 15.1. The number of carbonyl (C=O) groups excluding carboxylic acids is 1. The first-order chi connectivity index (χ1) is 15.1. The Morgan fingerprint density at radius 2 is 1.68 bits per heavy atom. The van der Waals surface area contributed by atoms with Gasteiger partial charge < -0.3 is 19.1 Å². The van der Waals surface area contributed by atoms with Gasteiger partial charge in [0.2, 0.25) is 0 Å². The second kappa shape index (κ2) is 9.31. The number of ether oxygens (including phenoxy) is 3. The zero-order valence-corrected chi connectivity index (χ0v) is 18.3. The van der Waals surface area contributed by atoms with Gasteiger partial charge in [0.05, 0.1) is 20.3 Å². The summed E-state index contributed by atoms with van der Waals surface area (Å²) in [6.45, 7) is 0.540. The number of hydrogen-bond acceptors (Lipinski definition) is 4. The number of amides is 1. The molecule has 6 heteroatoms. The number of carbonyl (C=O) groups is 1. The summed E-state index contributed by atoms with van der Waals surface area (Å²) in [5.41, 5.74) is 3.22. The number of benzene rings is 3. The van der Waals surface area contributed by atoms with Crippen LogP contribution in [0.1, 0.15) is 22.7 Å². The first kappa shape index (κ1) is 21.1. The Morgan fingerprint density at radius 1 is 1.00 bits per heavy atom. The highest BCUT2D eigenvalue weighted by Gasteiger charge is 2.33. The van der Waals surface area contributed by atoms with Crippen LogP contribution in [0.5, 0.6) is 17.2 Å². The number of halogens is 1. The van der Waals surface area contributed by atoms with Crippen molar-refractivity contribution in [1.29, 1.82) is 0 Å². The molecule has 0 spiro atoms. The van der Waals surface area contributed by atoms with Crippen LogP contribution in [0.3, 0.4) is 0 Å². The van der Waals surface area contributed by atoms with E-state index in [1.807, 2.05) is 47.4 Å². The van der Waals surface area contributed by atoms with Crippen LogP contribution in [0, 0.1) is 0 Å².